The number of esters is 1. The third kappa shape index (κ3) is 9.48. The summed E-state index contributed by atoms with van der Waals surface area (Å²) in [6, 6.07) is 0. The van der Waals surface area contributed by atoms with Crippen LogP contribution < -0.4 is 0 Å². The Morgan fingerprint density at radius 3 is 2.63 bits per heavy atom. The predicted octanol–water partition coefficient (Wildman–Crippen LogP) is 3.63. The third-order valence-electron chi connectivity index (χ3n) is 3.40. The molecule has 0 aliphatic heterocycles. The van der Waals surface area contributed by atoms with Crippen molar-refractivity contribution < 1.29 is 14.6 Å². The Morgan fingerprint density at radius 1 is 1.47 bits per heavy atom. The monoisotopic (exact) mass is 268 g/mol. The number of allylic oxidation sites excluding steroid dienone is 3. The molecule has 3 nitrogen and oxygen atoms in total. The van der Waals surface area contributed by atoms with Gasteiger partial charge in [-0.05, 0) is 51.0 Å². The zero-order chi connectivity index (χ0) is 14.9. The first-order valence-electron chi connectivity index (χ1n) is 6.96. The summed E-state index contributed by atoms with van der Waals surface area (Å²) in [6.45, 7) is 7.94. The quantitative estimate of drug-likeness (QED) is 0.415. The van der Waals surface area contributed by atoms with Crippen LogP contribution >= 0.6 is 0 Å². The number of ether oxygens (including phenoxy) is 1. The van der Waals surface area contributed by atoms with Gasteiger partial charge in [-0.2, -0.15) is 0 Å². The molecule has 0 aliphatic rings. The lowest BCUT2D eigenvalue weighted by molar-refractivity contribution is -0.134. The summed E-state index contributed by atoms with van der Waals surface area (Å²) >= 11 is 0. The van der Waals surface area contributed by atoms with Crippen molar-refractivity contribution in [3.63, 3.8) is 0 Å². The van der Waals surface area contributed by atoms with Gasteiger partial charge in [0.25, 0.3) is 0 Å². The first-order chi connectivity index (χ1) is 8.80. The van der Waals surface area contributed by atoms with Crippen LogP contribution in [0.5, 0.6) is 0 Å². The summed E-state index contributed by atoms with van der Waals surface area (Å²) in [5, 5.41) is 9.93. The Morgan fingerprint density at radius 2 is 2.11 bits per heavy atom. The minimum atomic E-state index is -0.543. The topological polar surface area (TPSA) is 46.5 Å². The molecule has 0 heterocycles. The lowest BCUT2D eigenvalue weighted by Crippen LogP contribution is -2.23. The normalized spacial score (nSPS) is 17.3. The van der Waals surface area contributed by atoms with Gasteiger partial charge in [0, 0.05) is 6.08 Å². The molecular weight excluding hydrogens is 240 g/mol. The molecule has 1 N–H and O–H groups in total. The number of aliphatic hydroxyl groups is 1. The van der Waals surface area contributed by atoms with Crippen LogP contribution in [-0.4, -0.2) is 23.8 Å². The Kier molecular flexibility index (Phi) is 8.41. The van der Waals surface area contributed by atoms with E-state index in [4.69, 9.17) is 0 Å². The maximum absolute atomic E-state index is 11.0. The number of carbonyl (C=O) groups is 1. The lowest BCUT2D eigenvalue weighted by Gasteiger charge is -2.22. The molecule has 0 bridgehead atoms. The maximum atomic E-state index is 11.0. The summed E-state index contributed by atoms with van der Waals surface area (Å²) in [5.41, 5.74) is 0.346. The van der Waals surface area contributed by atoms with E-state index in [9.17, 15) is 9.90 Å². The second-order valence-electron chi connectivity index (χ2n) is 5.54. The average molecular weight is 268 g/mol. The second-order valence-corrected chi connectivity index (χ2v) is 5.54. The summed E-state index contributed by atoms with van der Waals surface area (Å²) in [6.07, 6.45) is 9.05. The Hall–Kier alpha value is -1.09. The van der Waals surface area contributed by atoms with E-state index in [-0.39, 0.29) is 5.97 Å². The van der Waals surface area contributed by atoms with E-state index >= 15 is 0 Å². The molecule has 0 saturated heterocycles. The molecule has 19 heavy (non-hydrogen) atoms. The molecule has 0 saturated carbocycles. The van der Waals surface area contributed by atoms with Crippen LogP contribution in [0, 0.1) is 5.92 Å². The van der Waals surface area contributed by atoms with Gasteiger partial charge in [0.2, 0.25) is 0 Å². The summed E-state index contributed by atoms with van der Waals surface area (Å²) < 4.78 is 4.56. The van der Waals surface area contributed by atoms with Crippen LogP contribution in [0.4, 0.5) is 0 Å². The molecule has 0 aromatic carbocycles. The van der Waals surface area contributed by atoms with E-state index in [1.165, 1.54) is 13.2 Å². The van der Waals surface area contributed by atoms with E-state index in [0.717, 1.165) is 31.3 Å². The molecule has 3 heteroatoms. The van der Waals surface area contributed by atoms with Crippen LogP contribution in [0.25, 0.3) is 0 Å². The SMILES string of the molecule is CCC(C)(O)CCC(C)C/C=C/C(C)=C/C(=O)OC. The van der Waals surface area contributed by atoms with Gasteiger partial charge in [-0.3, -0.25) is 0 Å². The summed E-state index contributed by atoms with van der Waals surface area (Å²) in [7, 11) is 1.37. The van der Waals surface area contributed by atoms with Crippen molar-refractivity contribution in [2.75, 3.05) is 7.11 Å². The fourth-order valence-corrected chi connectivity index (χ4v) is 1.63. The zero-order valence-electron chi connectivity index (χ0n) is 12.9. The number of carbonyl (C=O) groups excluding carboxylic acids is 1. The van der Waals surface area contributed by atoms with Gasteiger partial charge in [-0.1, -0.05) is 26.0 Å². The first kappa shape index (κ1) is 17.9. The molecule has 0 spiro atoms. The molecule has 2 atom stereocenters. The van der Waals surface area contributed by atoms with E-state index in [2.05, 4.69) is 17.7 Å². The molecule has 0 fully saturated rings. The van der Waals surface area contributed by atoms with E-state index in [1.807, 2.05) is 26.8 Å². The molecule has 0 aliphatic carbocycles. The Bertz CT molecular complexity index is 327. The fraction of sp³-hybridized carbons (Fsp3) is 0.688. The van der Waals surface area contributed by atoms with Crippen LogP contribution in [-0.2, 0) is 9.53 Å². The van der Waals surface area contributed by atoms with Crippen LogP contribution in [0.15, 0.2) is 23.8 Å². The predicted molar refractivity (Wildman–Crippen MR) is 78.8 cm³/mol. The molecule has 0 rings (SSSR count). The number of hydrogen-bond acceptors (Lipinski definition) is 3. The molecule has 0 aromatic rings. The summed E-state index contributed by atoms with van der Waals surface area (Å²) in [4.78, 5) is 11.0. The molecular formula is C16H28O3. The van der Waals surface area contributed by atoms with Gasteiger partial charge in [-0.15, -0.1) is 0 Å². The first-order valence-corrected chi connectivity index (χ1v) is 6.96. The largest absolute Gasteiger partial charge is 0.466 e. The fourth-order valence-electron chi connectivity index (χ4n) is 1.63. The third-order valence-corrected chi connectivity index (χ3v) is 3.40. The average Bonchev–Trinajstić information content (AvgIpc) is 2.36. The number of rotatable bonds is 8. The Labute approximate surface area is 117 Å². The van der Waals surface area contributed by atoms with Gasteiger partial charge in [0.1, 0.15) is 0 Å². The van der Waals surface area contributed by atoms with Crippen molar-refractivity contribution >= 4 is 5.97 Å². The minimum absolute atomic E-state index is 0.325. The van der Waals surface area contributed by atoms with Crippen molar-refractivity contribution in [2.24, 2.45) is 5.92 Å². The van der Waals surface area contributed by atoms with Gasteiger partial charge in [0.15, 0.2) is 0 Å². The molecule has 0 amide bonds. The van der Waals surface area contributed by atoms with Crippen molar-refractivity contribution in [1.82, 2.24) is 0 Å². The van der Waals surface area contributed by atoms with Crippen molar-refractivity contribution in [3.05, 3.63) is 23.8 Å². The number of hydrogen-bond donors (Lipinski definition) is 1. The molecule has 0 radical (unpaired) electrons. The van der Waals surface area contributed by atoms with E-state index in [1.54, 1.807) is 0 Å². The van der Waals surface area contributed by atoms with E-state index < -0.39 is 5.60 Å². The zero-order valence-corrected chi connectivity index (χ0v) is 12.9. The van der Waals surface area contributed by atoms with Crippen molar-refractivity contribution in [3.8, 4) is 0 Å². The highest BCUT2D eigenvalue weighted by Crippen LogP contribution is 2.21. The lowest BCUT2D eigenvalue weighted by atomic mass is 9.91. The van der Waals surface area contributed by atoms with Gasteiger partial charge in [-0.25, -0.2) is 4.79 Å². The van der Waals surface area contributed by atoms with Crippen molar-refractivity contribution in [1.29, 1.82) is 0 Å². The smallest absolute Gasteiger partial charge is 0.330 e. The van der Waals surface area contributed by atoms with E-state index in [0.29, 0.717) is 5.92 Å². The standard InChI is InChI=1S/C16H28O3/c1-6-16(4,18)11-10-13(2)8-7-9-14(3)12-15(17)19-5/h7,9,12-13,18H,6,8,10-11H2,1-5H3/b9-7+,14-12+. The highest BCUT2D eigenvalue weighted by Gasteiger charge is 2.17. The van der Waals surface area contributed by atoms with Gasteiger partial charge < -0.3 is 9.84 Å². The highest BCUT2D eigenvalue weighted by atomic mass is 16.5. The molecule has 110 valence electrons. The van der Waals surface area contributed by atoms with Gasteiger partial charge in [0.05, 0.1) is 12.7 Å². The second kappa shape index (κ2) is 8.92. The Balaban J connectivity index is 4.06. The van der Waals surface area contributed by atoms with Gasteiger partial charge >= 0.3 is 5.97 Å². The van der Waals surface area contributed by atoms with Crippen molar-refractivity contribution in [2.45, 2.75) is 59.0 Å². The van der Waals surface area contributed by atoms with Crippen LogP contribution in [0.1, 0.15) is 53.4 Å². The van der Waals surface area contributed by atoms with Crippen LogP contribution in [0.3, 0.4) is 0 Å². The molecule has 2 unspecified atom stereocenters. The van der Waals surface area contributed by atoms with Crippen LogP contribution in [0.2, 0.25) is 0 Å². The number of methoxy groups -OCH3 is 1. The minimum Gasteiger partial charge on any atom is -0.466 e. The summed E-state index contributed by atoms with van der Waals surface area (Å²) in [5.74, 6) is 0.203. The maximum Gasteiger partial charge on any atom is 0.330 e. The molecule has 0 aromatic heterocycles. The highest BCUT2D eigenvalue weighted by molar-refractivity contribution is 5.83.